The van der Waals surface area contributed by atoms with Crippen LogP contribution in [0, 0.1) is 0 Å². The SMILES string of the molecule is CCN(CC)c1ccc(C(=O)CCN2CCCCC2)cc1. The van der Waals surface area contributed by atoms with Crippen LogP contribution >= 0.6 is 0 Å². The van der Waals surface area contributed by atoms with Crippen molar-refractivity contribution in [2.24, 2.45) is 0 Å². The number of piperidine rings is 1. The number of hydrogen-bond donors (Lipinski definition) is 0. The highest BCUT2D eigenvalue weighted by molar-refractivity contribution is 5.96. The number of nitrogens with zero attached hydrogens (tertiary/aromatic N) is 2. The quantitative estimate of drug-likeness (QED) is 0.716. The highest BCUT2D eigenvalue weighted by Gasteiger charge is 2.13. The minimum atomic E-state index is 0.270. The van der Waals surface area contributed by atoms with Crippen molar-refractivity contribution < 1.29 is 4.79 Å². The molecular formula is C18H28N2O. The van der Waals surface area contributed by atoms with Gasteiger partial charge in [-0.15, -0.1) is 0 Å². The highest BCUT2D eigenvalue weighted by Crippen LogP contribution is 2.16. The molecule has 1 aromatic rings. The van der Waals surface area contributed by atoms with Gasteiger partial charge in [0, 0.05) is 37.3 Å². The summed E-state index contributed by atoms with van der Waals surface area (Å²) in [4.78, 5) is 17.0. The Hall–Kier alpha value is -1.35. The van der Waals surface area contributed by atoms with Gasteiger partial charge < -0.3 is 9.80 Å². The molecule has 1 fully saturated rings. The Morgan fingerprint density at radius 2 is 1.67 bits per heavy atom. The van der Waals surface area contributed by atoms with Crippen LogP contribution in [-0.2, 0) is 0 Å². The van der Waals surface area contributed by atoms with Crippen molar-refractivity contribution >= 4 is 11.5 Å². The lowest BCUT2D eigenvalue weighted by atomic mass is 10.1. The molecule has 2 rings (SSSR count). The predicted octanol–water partition coefficient (Wildman–Crippen LogP) is 3.59. The largest absolute Gasteiger partial charge is 0.372 e. The molecule has 1 aromatic carbocycles. The maximum absolute atomic E-state index is 12.3. The van der Waals surface area contributed by atoms with Crippen LogP contribution in [0.3, 0.4) is 0 Å². The van der Waals surface area contributed by atoms with Crippen molar-refractivity contribution in [3.63, 3.8) is 0 Å². The Bertz CT molecular complexity index is 431. The van der Waals surface area contributed by atoms with Crippen LogP contribution in [0.25, 0.3) is 0 Å². The van der Waals surface area contributed by atoms with Gasteiger partial charge in [-0.3, -0.25) is 4.79 Å². The van der Waals surface area contributed by atoms with Crippen molar-refractivity contribution in [3.05, 3.63) is 29.8 Å². The minimum absolute atomic E-state index is 0.270. The fraction of sp³-hybridized carbons (Fsp3) is 0.611. The number of Topliss-reactive ketones (excluding diaryl/α,β-unsaturated/α-hetero) is 1. The third-order valence-corrected chi connectivity index (χ3v) is 4.42. The van der Waals surface area contributed by atoms with Crippen LogP contribution in [-0.4, -0.2) is 43.4 Å². The first kappa shape index (κ1) is 16.0. The van der Waals surface area contributed by atoms with E-state index in [2.05, 4.69) is 35.8 Å². The Morgan fingerprint density at radius 3 is 2.24 bits per heavy atom. The van der Waals surface area contributed by atoms with Crippen LogP contribution < -0.4 is 4.90 Å². The smallest absolute Gasteiger partial charge is 0.164 e. The molecule has 1 saturated heterocycles. The lowest BCUT2D eigenvalue weighted by Gasteiger charge is -2.26. The van der Waals surface area contributed by atoms with Crippen molar-refractivity contribution in [2.45, 2.75) is 39.5 Å². The molecule has 0 unspecified atom stereocenters. The van der Waals surface area contributed by atoms with Gasteiger partial charge in [-0.25, -0.2) is 0 Å². The molecule has 3 nitrogen and oxygen atoms in total. The van der Waals surface area contributed by atoms with Gasteiger partial charge >= 0.3 is 0 Å². The van der Waals surface area contributed by atoms with E-state index in [9.17, 15) is 4.79 Å². The molecule has 116 valence electrons. The van der Waals surface area contributed by atoms with E-state index >= 15 is 0 Å². The number of anilines is 1. The van der Waals surface area contributed by atoms with Crippen molar-refractivity contribution in [1.82, 2.24) is 4.90 Å². The number of benzene rings is 1. The third-order valence-electron chi connectivity index (χ3n) is 4.42. The molecule has 0 radical (unpaired) electrons. The molecule has 1 heterocycles. The Morgan fingerprint density at radius 1 is 1.05 bits per heavy atom. The fourth-order valence-corrected chi connectivity index (χ4v) is 3.03. The molecule has 0 saturated carbocycles. The topological polar surface area (TPSA) is 23.6 Å². The van der Waals surface area contributed by atoms with Gasteiger partial charge in [0.15, 0.2) is 5.78 Å². The van der Waals surface area contributed by atoms with E-state index in [1.807, 2.05) is 12.1 Å². The Labute approximate surface area is 128 Å². The third kappa shape index (κ3) is 4.57. The van der Waals surface area contributed by atoms with Crippen LogP contribution in [0.2, 0.25) is 0 Å². The number of ketones is 1. The zero-order valence-electron chi connectivity index (χ0n) is 13.5. The van der Waals surface area contributed by atoms with Gasteiger partial charge in [0.05, 0.1) is 0 Å². The second kappa shape index (κ2) is 8.18. The molecule has 0 amide bonds. The van der Waals surface area contributed by atoms with Crippen LogP contribution in [0.1, 0.15) is 49.9 Å². The van der Waals surface area contributed by atoms with E-state index in [1.54, 1.807) is 0 Å². The summed E-state index contributed by atoms with van der Waals surface area (Å²) in [7, 11) is 0. The molecule has 0 aliphatic carbocycles. The zero-order chi connectivity index (χ0) is 15.1. The van der Waals surface area contributed by atoms with Gasteiger partial charge in [0.2, 0.25) is 0 Å². The van der Waals surface area contributed by atoms with Crippen molar-refractivity contribution in [1.29, 1.82) is 0 Å². The first-order valence-electron chi connectivity index (χ1n) is 8.35. The lowest BCUT2D eigenvalue weighted by Crippen LogP contribution is -2.31. The number of carbonyl (C=O) groups is 1. The average Bonchev–Trinajstić information content (AvgIpc) is 2.55. The second-order valence-electron chi connectivity index (χ2n) is 5.79. The van der Waals surface area contributed by atoms with E-state index in [-0.39, 0.29) is 5.78 Å². The van der Waals surface area contributed by atoms with E-state index in [4.69, 9.17) is 0 Å². The molecular weight excluding hydrogens is 260 g/mol. The molecule has 1 aliphatic rings. The Balaban J connectivity index is 1.87. The first-order chi connectivity index (χ1) is 10.2. The molecule has 0 atom stereocenters. The molecule has 3 heteroatoms. The summed E-state index contributed by atoms with van der Waals surface area (Å²) in [5, 5.41) is 0. The van der Waals surface area contributed by atoms with E-state index < -0.39 is 0 Å². The van der Waals surface area contributed by atoms with Crippen molar-refractivity contribution in [3.8, 4) is 0 Å². The van der Waals surface area contributed by atoms with Crippen LogP contribution in [0.5, 0.6) is 0 Å². The normalized spacial score (nSPS) is 15.9. The average molecular weight is 288 g/mol. The highest BCUT2D eigenvalue weighted by atomic mass is 16.1. The summed E-state index contributed by atoms with van der Waals surface area (Å²) >= 11 is 0. The molecule has 21 heavy (non-hydrogen) atoms. The van der Waals surface area contributed by atoms with Gasteiger partial charge in [-0.1, -0.05) is 6.42 Å². The molecule has 0 bridgehead atoms. The maximum atomic E-state index is 12.3. The van der Waals surface area contributed by atoms with Crippen LogP contribution in [0.4, 0.5) is 5.69 Å². The summed E-state index contributed by atoms with van der Waals surface area (Å²) in [5.41, 5.74) is 2.05. The number of hydrogen-bond acceptors (Lipinski definition) is 3. The second-order valence-corrected chi connectivity index (χ2v) is 5.79. The number of carbonyl (C=O) groups excluding carboxylic acids is 1. The van der Waals surface area contributed by atoms with Gasteiger partial charge in [0.25, 0.3) is 0 Å². The van der Waals surface area contributed by atoms with Gasteiger partial charge in [-0.05, 0) is 64.0 Å². The van der Waals surface area contributed by atoms with Gasteiger partial charge in [-0.2, -0.15) is 0 Å². The molecule has 1 aliphatic heterocycles. The van der Waals surface area contributed by atoms with Crippen molar-refractivity contribution in [2.75, 3.05) is 37.6 Å². The molecule has 0 N–H and O–H groups in total. The fourth-order valence-electron chi connectivity index (χ4n) is 3.03. The summed E-state index contributed by atoms with van der Waals surface area (Å²) in [6.07, 6.45) is 4.56. The molecule has 0 spiro atoms. The zero-order valence-corrected chi connectivity index (χ0v) is 13.5. The van der Waals surface area contributed by atoms with Crippen LogP contribution in [0.15, 0.2) is 24.3 Å². The van der Waals surface area contributed by atoms with E-state index in [1.165, 1.54) is 24.9 Å². The Kier molecular flexibility index (Phi) is 6.24. The van der Waals surface area contributed by atoms with E-state index in [0.29, 0.717) is 6.42 Å². The summed E-state index contributed by atoms with van der Waals surface area (Å²) in [5.74, 6) is 0.270. The van der Waals surface area contributed by atoms with Gasteiger partial charge in [0.1, 0.15) is 0 Å². The summed E-state index contributed by atoms with van der Waals surface area (Å²) in [6.45, 7) is 9.54. The maximum Gasteiger partial charge on any atom is 0.164 e. The standard InChI is InChI=1S/C18H28N2O/c1-3-20(4-2)17-10-8-16(9-11-17)18(21)12-15-19-13-6-5-7-14-19/h8-11H,3-7,12-15H2,1-2H3. The van der Waals surface area contributed by atoms with E-state index in [0.717, 1.165) is 38.3 Å². The monoisotopic (exact) mass is 288 g/mol. The lowest BCUT2D eigenvalue weighted by molar-refractivity contribution is 0.0958. The first-order valence-corrected chi connectivity index (χ1v) is 8.35. The molecule has 0 aromatic heterocycles. The number of likely N-dealkylation sites (tertiary alicyclic amines) is 1. The number of rotatable bonds is 7. The summed E-state index contributed by atoms with van der Waals surface area (Å²) < 4.78 is 0. The minimum Gasteiger partial charge on any atom is -0.372 e. The predicted molar refractivity (Wildman–Crippen MR) is 89.2 cm³/mol. The summed E-state index contributed by atoms with van der Waals surface area (Å²) in [6, 6.07) is 8.10.